The highest BCUT2D eigenvalue weighted by Crippen LogP contribution is 2.26. The lowest BCUT2D eigenvalue weighted by Crippen LogP contribution is -2.36. The van der Waals surface area contributed by atoms with Gasteiger partial charge in [0.1, 0.15) is 5.82 Å². The number of hydrogen-bond acceptors (Lipinski definition) is 5. The van der Waals surface area contributed by atoms with Crippen LogP contribution in [-0.4, -0.2) is 38.8 Å². The van der Waals surface area contributed by atoms with Crippen molar-refractivity contribution in [3.8, 4) is 0 Å². The van der Waals surface area contributed by atoms with Crippen molar-refractivity contribution >= 4 is 21.1 Å². The summed E-state index contributed by atoms with van der Waals surface area (Å²) >= 11 is 0. The van der Waals surface area contributed by atoms with Gasteiger partial charge in [0, 0.05) is 49.5 Å². The van der Waals surface area contributed by atoms with Crippen molar-refractivity contribution < 1.29 is 8.42 Å². The van der Waals surface area contributed by atoms with Crippen LogP contribution in [0.4, 0.5) is 0 Å². The minimum absolute atomic E-state index is 0.116. The predicted molar refractivity (Wildman–Crippen MR) is 93.5 cm³/mol. The first kappa shape index (κ1) is 16.2. The second-order valence-corrected chi connectivity index (χ2v) is 8.03. The van der Waals surface area contributed by atoms with Crippen molar-refractivity contribution in [1.29, 1.82) is 0 Å². The van der Waals surface area contributed by atoms with Crippen LogP contribution in [0.25, 0.3) is 11.0 Å². The molecule has 4 heterocycles. The van der Waals surface area contributed by atoms with Crippen LogP contribution in [0.1, 0.15) is 24.0 Å². The summed E-state index contributed by atoms with van der Waals surface area (Å²) in [6.07, 6.45) is 3.91. The van der Waals surface area contributed by atoms with E-state index in [1.54, 1.807) is 12.4 Å². The zero-order valence-electron chi connectivity index (χ0n) is 14.2. The maximum Gasteiger partial charge on any atom is 0.262 e. The van der Waals surface area contributed by atoms with E-state index >= 15 is 0 Å². The molecule has 3 aromatic heterocycles. The van der Waals surface area contributed by atoms with Gasteiger partial charge in [0.05, 0.1) is 0 Å². The van der Waals surface area contributed by atoms with E-state index in [-0.39, 0.29) is 5.03 Å². The Hall–Kier alpha value is -2.32. The SMILES string of the molecule is CCn1cc(S(=O)(=O)N2CCc3nc4ncccc4cc3C2)nc1C. The van der Waals surface area contributed by atoms with Gasteiger partial charge < -0.3 is 4.57 Å². The van der Waals surface area contributed by atoms with E-state index in [2.05, 4.69) is 15.0 Å². The molecule has 8 heteroatoms. The number of aryl methyl sites for hydroxylation is 2. The van der Waals surface area contributed by atoms with Crippen LogP contribution in [0.15, 0.2) is 35.6 Å². The largest absolute Gasteiger partial charge is 0.334 e. The van der Waals surface area contributed by atoms with Gasteiger partial charge in [0.15, 0.2) is 10.7 Å². The van der Waals surface area contributed by atoms with Crippen molar-refractivity contribution in [2.45, 2.75) is 38.4 Å². The molecule has 3 aromatic rings. The third kappa shape index (κ3) is 2.71. The van der Waals surface area contributed by atoms with Gasteiger partial charge in [-0.2, -0.15) is 4.31 Å². The molecule has 0 fully saturated rings. The van der Waals surface area contributed by atoms with Crippen molar-refractivity contribution in [2.24, 2.45) is 0 Å². The molecule has 0 N–H and O–H groups in total. The molecule has 0 aromatic carbocycles. The molecule has 0 amide bonds. The highest BCUT2D eigenvalue weighted by atomic mass is 32.2. The summed E-state index contributed by atoms with van der Waals surface area (Å²) in [6, 6.07) is 5.78. The maximum absolute atomic E-state index is 13.0. The third-order valence-electron chi connectivity index (χ3n) is 4.60. The van der Waals surface area contributed by atoms with E-state index in [9.17, 15) is 8.42 Å². The van der Waals surface area contributed by atoms with E-state index in [0.29, 0.717) is 37.5 Å². The topological polar surface area (TPSA) is 81.0 Å². The molecule has 0 saturated carbocycles. The van der Waals surface area contributed by atoms with E-state index in [1.165, 1.54) is 4.31 Å². The van der Waals surface area contributed by atoms with Gasteiger partial charge in [-0.1, -0.05) is 0 Å². The fourth-order valence-corrected chi connectivity index (χ4v) is 4.61. The predicted octanol–water partition coefficient (Wildman–Crippen LogP) is 1.90. The van der Waals surface area contributed by atoms with Gasteiger partial charge in [0.2, 0.25) is 0 Å². The van der Waals surface area contributed by atoms with E-state index in [0.717, 1.165) is 16.6 Å². The van der Waals surface area contributed by atoms with Crippen LogP contribution in [-0.2, 0) is 29.5 Å². The van der Waals surface area contributed by atoms with E-state index in [1.807, 2.05) is 36.6 Å². The van der Waals surface area contributed by atoms with Crippen LogP contribution in [0.2, 0.25) is 0 Å². The van der Waals surface area contributed by atoms with Crippen LogP contribution < -0.4 is 0 Å². The van der Waals surface area contributed by atoms with Crippen molar-refractivity contribution in [3.63, 3.8) is 0 Å². The first-order valence-electron chi connectivity index (χ1n) is 8.26. The molecular weight excluding hydrogens is 338 g/mol. The number of fused-ring (bicyclic) bond motifs is 2. The minimum Gasteiger partial charge on any atom is -0.334 e. The molecule has 1 aliphatic rings. The van der Waals surface area contributed by atoms with Crippen molar-refractivity contribution in [2.75, 3.05) is 6.54 Å². The maximum atomic E-state index is 13.0. The molecule has 0 radical (unpaired) electrons. The first-order valence-corrected chi connectivity index (χ1v) is 9.70. The Bertz CT molecular complexity index is 1060. The fraction of sp³-hybridized carbons (Fsp3) is 0.353. The normalized spacial score (nSPS) is 15.4. The number of imidazole rings is 1. The molecule has 0 bridgehead atoms. The smallest absolute Gasteiger partial charge is 0.262 e. The van der Waals surface area contributed by atoms with Crippen LogP contribution >= 0.6 is 0 Å². The highest BCUT2D eigenvalue weighted by Gasteiger charge is 2.31. The Morgan fingerprint density at radius 2 is 2.12 bits per heavy atom. The molecule has 4 rings (SSSR count). The molecule has 0 saturated heterocycles. The number of aromatic nitrogens is 4. The van der Waals surface area contributed by atoms with Gasteiger partial charge in [-0.15, -0.1) is 0 Å². The van der Waals surface area contributed by atoms with Crippen LogP contribution in [0.3, 0.4) is 0 Å². The summed E-state index contributed by atoms with van der Waals surface area (Å²) in [5, 5.41) is 1.04. The Labute approximate surface area is 146 Å². The summed E-state index contributed by atoms with van der Waals surface area (Å²) in [4.78, 5) is 13.1. The highest BCUT2D eigenvalue weighted by molar-refractivity contribution is 7.89. The Kier molecular flexibility index (Phi) is 3.81. The quantitative estimate of drug-likeness (QED) is 0.715. The average molecular weight is 357 g/mol. The molecule has 0 aliphatic carbocycles. The summed E-state index contributed by atoms with van der Waals surface area (Å²) in [7, 11) is -3.61. The zero-order chi connectivity index (χ0) is 17.6. The van der Waals surface area contributed by atoms with Gasteiger partial charge in [-0.05, 0) is 37.6 Å². The lowest BCUT2D eigenvalue weighted by Gasteiger charge is -2.26. The van der Waals surface area contributed by atoms with Gasteiger partial charge >= 0.3 is 0 Å². The molecule has 7 nitrogen and oxygen atoms in total. The standard InChI is InChI=1S/C17H19N5O2S/c1-3-21-11-16(19-12(21)2)25(23,24)22-8-6-15-14(10-22)9-13-5-4-7-18-17(13)20-15/h4-5,7,9,11H,3,6,8,10H2,1-2H3. The van der Waals surface area contributed by atoms with Gasteiger partial charge in [-0.25, -0.2) is 23.4 Å². The molecular formula is C17H19N5O2S. The molecule has 130 valence electrons. The number of pyridine rings is 2. The second kappa shape index (κ2) is 5.89. The monoisotopic (exact) mass is 357 g/mol. The average Bonchev–Trinajstić information content (AvgIpc) is 3.01. The Morgan fingerprint density at radius 3 is 2.88 bits per heavy atom. The van der Waals surface area contributed by atoms with Crippen LogP contribution in [0, 0.1) is 6.92 Å². The zero-order valence-corrected chi connectivity index (χ0v) is 15.0. The summed E-state index contributed by atoms with van der Waals surface area (Å²) in [5.74, 6) is 0.706. The van der Waals surface area contributed by atoms with Gasteiger partial charge in [-0.3, -0.25) is 0 Å². The molecule has 1 aliphatic heterocycles. The molecule has 0 spiro atoms. The summed E-state index contributed by atoms with van der Waals surface area (Å²) < 4.78 is 29.2. The third-order valence-corrected chi connectivity index (χ3v) is 6.32. The molecule has 25 heavy (non-hydrogen) atoms. The number of nitrogens with zero attached hydrogens (tertiary/aromatic N) is 5. The summed E-state index contributed by atoms with van der Waals surface area (Å²) in [6.45, 7) is 5.19. The Morgan fingerprint density at radius 1 is 1.28 bits per heavy atom. The molecule has 0 atom stereocenters. The van der Waals surface area contributed by atoms with Gasteiger partial charge in [0.25, 0.3) is 10.0 Å². The van der Waals surface area contributed by atoms with Crippen molar-refractivity contribution in [3.05, 3.63) is 47.7 Å². The molecule has 0 unspecified atom stereocenters. The summed E-state index contributed by atoms with van der Waals surface area (Å²) in [5.41, 5.74) is 2.56. The number of sulfonamides is 1. The number of rotatable bonds is 3. The minimum atomic E-state index is -3.61. The fourth-order valence-electron chi connectivity index (χ4n) is 3.20. The van der Waals surface area contributed by atoms with Crippen molar-refractivity contribution in [1.82, 2.24) is 23.8 Å². The van der Waals surface area contributed by atoms with E-state index in [4.69, 9.17) is 0 Å². The second-order valence-electron chi connectivity index (χ2n) is 6.15. The van der Waals surface area contributed by atoms with Crippen LogP contribution in [0.5, 0.6) is 0 Å². The lowest BCUT2D eigenvalue weighted by atomic mass is 10.1. The van der Waals surface area contributed by atoms with E-state index < -0.39 is 10.0 Å². The number of hydrogen-bond donors (Lipinski definition) is 0. The Balaban J connectivity index is 1.70. The lowest BCUT2D eigenvalue weighted by molar-refractivity contribution is 0.387. The first-order chi connectivity index (χ1) is 12.0.